The first-order valence-electron chi connectivity index (χ1n) is 9.13. The fraction of sp³-hybridized carbons (Fsp3) is 0.556. The summed E-state index contributed by atoms with van der Waals surface area (Å²) in [7, 11) is -0.722. The van der Waals surface area contributed by atoms with Crippen LogP contribution in [0.3, 0.4) is 0 Å². The second-order valence-corrected chi connectivity index (χ2v) is 13.6. The van der Waals surface area contributed by atoms with Crippen LogP contribution in [0.2, 0.25) is 29.2 Å². The number of unbranched alkanes of at least 4 members (excludes halogenated alkanes) is 1. The number of aryl methyl sites for hydroxylation is 1. The molecule has 1 rings (SSSR count). The first-order valence-corrected chi connectivity index (χ1v) is 13.8. The van der Waals surface area contributed by atoms with E-state index in [4.69, 9.17) is 32.1 Å². The molecule has 1 aromatic rings. The van der Waals surface area contributed by atoms with E-state index < -0.39 is 14.3 Å². The summed E-state index contributed by atoms with van der Waals surface area (Å²) in [5.74, 6) is -0.200. The van der Waals surface area contributed by atoms with Crippen molar-refractivity contribution < 1.29 is 18.4 Å². The van der Waals surface area contributed by atoms with Gasteiger partial charge in [-0.1, -0.05) is 23.2 Å². The molecule has 0 unspecified atom stereocenters. The number of carbonyl (C=O) groups is 2. The van der Waals surface area contributed by atoms with Gasteiger partial charge in [0.2, 0.25) is 5.91 Å². The highest BCUT2D eigenvalue weighted by Gasteiger charge is 2.18. The molecule has 1 N–H and O–H groups in total. The number of nitrogens with one attached hydrogen (secondary N) is 1. The zero-order valence-electron chi connectivity index (χ0n) is 16.5. The second-order valence-electron chi connectivity index (χ2n) is 7.16. The molecular formula is C18H29Cl2NO4Si2. The van der Waals surface area contributed by atoms with Crippen LogP contribution in [0.25, 0.3) is 0 Å². The van der Waals surface area contributed by atoms with Crippen molar-refractivity contribution in [3.63, 3.8) is 0 Å². The fourth-order valence-electron chi connectivity index (χ4n) is 2.44. The Balaban J connectivity index is 2.20. The van der Waals surface area contributed by atoms with E-state index in [0.717, 1.165) is 28.5 Å². The second kappa shape index (κ2) is 11.9. The van der Waals surface area contributed by atoms with Gasteiger partial charge in [-0.15, -0.1) is 0 Å². The van der Waals surface area contributed by atoms with E-state index in [9.17, 15) is 9.59 Å². The largest absolute Gasteiger partial charge is 0.463 e. The summed E-state index contributed by atoms with van der Waals surface area (Å²) in [5.41, 5.74) is 0.894. The molecule has 0 heterocycles. The lowest BCUT2D eigenvalue weighted by Gasteiger charge is -2.20. The maximum Gasteiger partial charge on any atom is 0.311 e. The van der Waals surface area contributed by atoms with E-state index in [1.54, 1.807) is 12.1 Å². The molecule has 0 saturated heterocycles. The topological polar surface area (TPSA) is 64.6 Å². The van der Waals surface area contributed by atoms with Crippen LogP contribution in [0, 0.1) is 6.92 Å². The third-order valence-electron chi connectivity index (χ3n) is 4.22. The maximum atomic E-state index is 11.9. The zero-order chi connectivity index (χ0) is 20.4. The molecule has 0 fully saturated rings. The molecule has 0 aliphatic heterocycles. The van der Waals surface area contributed by atoms with Crippen molar-refractivity contribution in [3.05, 3.63) is 27.7 Å². The predicted octanol–water partition coefficient (Wildman–Crippen LogP) is 3.78. The van der Waals surface area contributed by atoms with Crippen LogP contribution in [-0.4, -0.2) is 37.2 Å². The van der Waals surface area contributed by atoms with Crippen LogP contribution in [0.5, 0.6) is 5.75 Å². The number of amides is 1. The number of benzene rings is 1. The van der Waals surface area contributed by atoms with Gasteiger partial charge in [-0.3, -0.25) is 9.59 Å². The minimum atomic E-state index is -1.50. The average Bonchev–Trinajstić information content (AvgIpc) is 2.59. The van der Waals surface area contributed by atoms with Gasteiger partial charge in [0.15, 0.2) is 14.1 Å². The van der Waals surface area contributed by atoms with Crippen molar-refractivity contribution in [1.82, 2.24) is 5.32 Å². The van der Waals surface area contributed by atoms with E-state index >= 15 is 0 Å². The Labute approximate surface area is 175 Å². The number of carbonyl (C=O) groups excluding carboxylic acids is 2. The fourth-order valence-corrected chi connectivity index (χ4v) is 4.95. The molecule has 0 aromatic heterocycles. The standard InChI is InChI=1S/C18H29Cl2NO4Si2/c1-13-11-14(19)18(15(20)12-13)24-17(23)8-5-4-7-16(22)21-9-6-10-27(2,3)25-26/h11-12H,4-10H2,1-3,26H3,(H,21,22). The third kappa shape index (κ3) is 9.75. The SMILES string of the molecule is Cc1cc(Cl)c(OC(=O)CCCCC(=O)NCCC[Si](C)(C)O[SiH3])c(Cl)c1. The van der Waals surface area contributed by atoms with Gasteiger partial charge in [-0.05, 0) is 63.0 Å². The molecule has 0 spiro atoms. The number of hydrogen-bond donors (Lipinski definition) is 1. The van der Waals surface area contributed by atoms with Gasteiger partial charge >= 0.3 is 5.97 Å². The predicted molar refractivity (Wildman–Crippen MR) is 116 cm³/mol. The minimum Gasteiger partial charge on any atom is -0.463 e. The van der Waals surface area contributed by atoms with Crippen molar-refractivity contribution in [3.8, 4) is 5.75 Å². The molecule has 152 valence electrons. The molecule has 0 atom stereocenters. The van der Waals surface area contributed by atoms with Crippen LogP contribution in [0.1, 0.15) is 37.7 Å². The Bertz CT molecular complexity index is 633. The molecule has 5 nitrogen and oxygen atoms in total. The van der Waals surface area contributed by atoms with Crippen molar-refractivity contribution in [1.29, 1.82) is 0 Å². The molecule has 1 aromatic carbocycles. The van der Waals surface area contributed by atoms with Gasteiger partial charge in [0, 0.05) is 19.4 Å². The quantitative estimate of drug-likeness (QED) is 0.241. The van der Waals surface area contributed by atoms with Gasteiger partial charge in [0.25, 0.3) is 0 Å². The number of halogens is 2. The van der Waals surface area contributed by atoms with Crippen molar-refractivity contribution in [2.24, 2.45) is 0 Å². The minimum absolute atomic E-state index is 0.0132. The summed E-state index contributed by atoms with van der Waals surface area (Å²) in [4.78, 5) is 23.8. The highest BCUT2D eigenvalue weighted by Crippen LogP contribution is 2.34. The summed E-state index contributed by atoms with van der Waals surface area (Å²) in [6.07, 6.45) is 2.75. The molecule has 1 amide bonds. The van der Waals surface area contributed by atoms with Gasteiger partial charge in [0.1, 0.15) is 10.5 Å². The van der Waals surface area contributed by atoms with Gasteiger partial charge in [-0.2, -0.15) is 0 Å². The number of rotatable bonds is 11. The smallest absolute Gasteiger partial charge is 0.311 e. The molecule has 0 aliphatic carbocycles. The lowest BCUT2D eigenvalue weighted by atomic mass is 10.2. The summed E-state index contributed by atoms with van der Waals surface area (Å²) < 4.78 is 10.9. The van der Waals surface area contributed by atoms with Gasteiger partial charge < -0.3 is 14.2 Å². The van der Waals surface area contributed by atoms with E-state index in [1.807, 2.05) is 6.92 Å². The molecular weight excluding hydrogens is 421 g/mol. The van der Waals surface area contributed by atoms with Gasteiger partial charge in [-0.25, -0.2) is 0 Å². The highest BCUT2D eigenvalue weighted by atomic mass is 35.5. The van der Waals surface area contributed by atoms with E-state index in [2.05, 4.69) is 18.4 Å². The number of esters is 1. The monoisotopic (exact) mass is 449 g/mol. The molecule has 9 heteroatoms. The molecule has 0 radical (unpaired) electrons. The Kier molecular flexibility index (Phi) is 10.6. The summed E-state index contributed by atoms with van der Waals surface area (Å²) in [5, 5.41) is 3.54. The third-order valence-corrected chi connectivity index (χ3v) is 10.8. The average molecular weight is 451 g/mol. The highest BCUT2D eigenvalue weighted by molar-refractivity contribution is 6.73. The van der Waals surface area contributed by atoms with Crippen molar-refractivity contribution in [2.45, 2.75) is 58.2 Å². The first-order chi connectivity index (χ1) is 12.6. The summed E-state index contributed by atoms with van der Waals surface area (Å²) in [6, 6.07) is 4.43. The Morgan fingerprint density at radius 3 is 2.30 bits per heavy atom. The Morgan fingerprint density at radius 2 is 1.70 bits per heavy atom. The summed E-state index contributed by atoms with van der Waals surface area (Å²) in [6.45, 7) is 6.92. The molecule has 27 heavy (non-hydrogen) atoms. The normalized spacial score (nSPS) is 11.4. The van der Waals surface area contributed by atoms with Crippen LogP contribution in [0.4, 0.5) is 0 Å². The van der Waals surface area contributed by atoms with Crippen molar-refractivity contribution >= 4 is 53.9 Å². The summed E-state index contributed by atoms with van der Waals surface area (Å²) >= 11 is 12.1. The van der Waals surface area contributed by atoms with Gasteiger partial charge in [0.05, 0.1) is 10.0 Å². The van der Waals surface area contributed by atoms with Crippen LogP contribution < -0.4 is 10.1 Å². The lowest BCUT2D eigenvalue weighted by Crippen LogP contribution is -2.31. The molecule has 0 bridgehead atoms. The zero-order valence-corrected chi connectivity index (χ0v) is 21.0. The Hall–Kier alpha value is -0.866. The Morgan fingerprint density at radius 1 is 1.11 bits per heavy atom. The van der Waals surface area contributed by atoms with Crippen LogP contribution >= 0.6 is 23.2 Å². The number of ether oxygens (including phenoxy) is 1. The maximum absolute atomic E-state index is 11.9. The van der Waals surface area contributed by atoms with E-state index in [-0.39, 0.29) is 18.1 Å². The van der Waals surface area contributed by atoms with Crippen LogP contribution in [-0.2, 0) is 13.7 Å². The lowest BCUT2D eigenvalue weighted by molar-refractivity contribution is -0.134. The van der Waals surface area contributed by atoms with Crippen LogP contribution in [0.15, 0.2) is 12.1 Å². The molecule has 0 saturated carbocycles. The van der Waals surface area contributed by atoms with Crippen molar-refractivity contribution in [2.75, 3.05) is 6.54 Å². The van der Waals surface area contributed by atoms with E-state index in [0.29, 0.717) is 35.9 Å². The van der Waals surface area contributed by atoms with E-state index in [1.165, 1.54) is 0 Å². The number of hydrogen-bond acceptors (Lipinski definition) is 4. The first kappa shape index (κ1) is 24.2. The molecule has 0 aliphatic rings.